The Kier molecular flexibility index (Phi) is 12.9. The summed E-state index contributed by atoms with van der Waals surface area (Å²) >= 11 is 0. The monoisotopic (exact) mass is 658 g/mol. The quantitative estimate of drug-likeness (QED) is 0.106. The van der Waals surface area contributed by atoms with Crippen molar-refractivity contribution in [1.82, 2.24) is 9.97 Å². The van der Waals surface area contributed by atoms with Crippen molar-refractivity contribution in [2.75, 3.05) is 0 Å². The second-order valence-electron chi connectivity index (χ2n) is 15.4. The van der Waals surface area contributed by atoms with Crippen LogP contribution in [-0.4, -0.2) is 21.5 Å². The summed E-state index contributed by atoms with van der Waals surface area (Å²) in [6.45, 7) is 11.4. The Hall–Kier alpha value is -3.66. The van der Waals surface area contributed by atoms with E-state index in [0.29, 0.717) is 29.3 Å². The summed E-state index contributed by atoms with van der Waals surface area (Å²) in [5.41, 5.74) is 4.97. The number of Topliss-reactive ketones (excluding diaryl/α,β-unsaturated/α-hetero) is 2. The largest absolute Gasteiger partial charge is 0.299 e. The summed E-state index contributed by atoms with van der Waals surface area (Å²) < 4.78 is 0. The molecule has 260 valence electrons. The van der Waals surface area contributed by atoms with Gasteiger partial charge in [-0.15, -0.1) is 0 Å². The van der Waals surface area contributed by atoms with E-state index in [0.717, 1.165) is 68.8 Å². The van der Waals surface area contributed by atoms with Gasteiger partial charge in [0.25, 0.3) is 0 Å². The number of hydrogen-bond acceptors (Lipinski definition) is 4. The first-order valence-corrected chi connectivity index (χ1v) is 19.1. The van der Waals surface area contributed by atoms with E-state index in [9.17, 15) is 9.59 Å². The maximum atomic E-state index is 12.5. The summed E-state index contributed by atoms with van der Waals surface area (Å²) in [4.78, 5) is 34.0. The van der Waals surface area contributed by atoms with E-state index in [1.807, 2.05) is 24.5 Å². The maximum Gasteiger partial charge on any atom is 0.136 e. The number of unbranched alkanes of at least 4 members (excludes halogenated alkanes) is 2. The number of para-hydroxylation sites is 2. The number of rotatable bonds is 13. The zero-order chi connectivity index (χ0) is 34.8. The third-order valence-electron chi connectivity index (χ3n) is 11.5. The average molecular weight is 659 g/mol. The molecule has 4 heteroatoms. The van der Waals surface area contributed by atoms with Gasteiger partial charge in [0, 0.05) is 47.8 Å². The van der Waals surface area contributed by atoms with Crippen LogP contribution in [-0.2, 0) is 22.4 Å². The number of hydrogen-bond donors (Lipinski definition) is 0. The molecule has 2 aliphatic carbocycles. The lowest BCUT2D eigenvalue weighted by Crippen LogP contribution is -2.31. The Balaban J connectivity index is 0.000000191. The molecule has 2 aromatic carbocycles. The fourth-order valence-corrected chi connectivity index (χ4v) is 8.91. The van der Waals surface area contributed by atoms with Crippen molar-refractivity contribution < 1.29 is 9.59 Å². The number of benzene rings is 2. The minimum absolute atomic E-state index is 0.120. The lowest BCUT2D eigenvalue weighted by atomic mass is 9.68. The van der Waals surface area contributed by atoms with Crippen molar-refractivity contribution in [3.63, 3.8) is 0 Å². The number of allylic oxidation sites excluding steroid dienone is 2. The molecule has 2 fully saturated rings. The van der Waals surface area contributed by atoms with Crippen molar-refractivity contribution in [2.45, 2.75) is 112 Å². The number of ketones is 2. The van der Waals surface area contributed by atoms with Crippen molar-refractivity contribution in [1.29, 1.82) is 0 Å². The highest BCUT2D eigenvalue weighted by atomic mass is 16.1. The van der Waals surface area contributed by atoms with E-state index >= 15 is 0 Å². The first-order chi connectivity index (χ1) is 23.7. The number of pyridine rings is 2. The van der Waals surface area contributed by atoms with Crippen LogP contribution in [0.5, 0.6) is 0 Å². The van der Waals surface area contributed by atoms with Gasteiger partial charge in [0.2, 0.25) is 0 Å². The third kappa shape index (κ3) is 9.12. The fourth-order valence-electron chi connectivity index (χ4n) is 8.91. The van der Waals surface area contributed by atoms with Crippen LogP contribution >= 0.6 is 0 Å². The summed E-state index contributed by atoms with van der Waals surface area (Å²) in [6, 6.07) is 21.1. The van der Waals surface area contributed by atoms with Gasteiger partial charge in [-0.1, -0.05) is 115 Å². The molecule has 4 aromatic rings. The first-order valence-electron chi connectivity index (χ1n) is 19.1. The van der Waals surface area contributed by atoms with E-state index in [-0.39, 0.29) is 17.3 Å². The molecule has 5 unspecified atom stereocenters. The fraction of sp³-hybridized carbons (Fsp3) is 0.511. The van der Waals surface area contributed by atoms with Crippen LogP contribution in [0, 0.1) is 35.0 Å². The van der Waals surface area contributed by atoms with Crippen LogP contribution in [0.1, 0.15) is 110 Å². The molecular formula is C45H58N2O2. The van der Waals surface area contributed by atoms with Crippen molar-refractivity contribution >= 4 is 33.4 Å². The van der Waals surface area contributed by atoms with E-state index in [4.69, 9.17) is 0 Å². The van der Waals surface area contributed by atoms with Gasteiger partial charge < -0.3 is 0 Å². The molecule has 0 N–H and O–H groups in total. The molecule has 2 aromatic heterocycles. The minimum Gasteiger partial charge on any atom is -0.299 e. The Morgan fingerprint density at radius 2 is 1.39 bits per heavy atom. The lowest BCUT2D eigenvalue weighted by molar-refractivity contribution is -0.122. The molecule has 2 saturated carbocycles. The molecule has 0 spiro atoms. The SMILES string of the molecule is CC/C=C\CC1C(=O)CCC1C(C)Cc1cccc2cccnc12.CCCCCC1C(=O)CCC1C(C)(C)Cc1cccc2cccnc12. The Labute approximate surface area is 295 Å². The molecule has 2 aliphatic rings. The van der Waals surface area contributed by atoms with E-state index in [2.05, 4.69) is 105 Å². The molecule has 0 radical (unpaired) electrons. The van der Waals surface area contributed by atoms with E-state index in [1.54, 1.807) is 0 Å². The second-order valence-corrected chi connectivity index (χ2v) is 15.4. The van der Waals surface area contributed by atoms with Gasteiger partial charge in [-0.3, -0.25) is 19.6 Å². The average Bonchev–Trinajstić information content (AvgIpc) is 3.67. The minimum atomic E-state index is 0.120. The lowest BCUT2D eigenvalue weighted by Gasteiger charge is -2.35. The van der Waals surface area contributed by atoms with E-state index in [1.165, 1.54) is 41.2 Å². The van der Waals surface area contributed by atoms with Gasteiger partial charge in [0.1, 0.15) is 11.6 Å². The number of carbonyl (C=O) groups is 2. The Morgan fingerprint density at radius 1 is 0.776 bits per heavy atom. The molecule has 6 rings (SSSR count). The van der Waals surface area contributed by atoms with Crippen LogP contribution in [0.4, 0.5) is 0 Å². The van der Waals surface area contributed by atoms with Crippen LogP contribution in [0.2, 0.25) is 0 Å². The summed E-state index contributed by atoms with van der Waals surface area (Å²) in [6.07, 6.45) is 20.4. The predicted molar refractivity (Wildman–Crippen MR) is 204 cm³/mol. The first kappa shape index (κ1) is 36.6. The van der Waals surface area contributed by atoms with Gasteiger partial charge >= 0.3 is 0 Å². The Bertz CT molecular complexity index is 1710. The highest BCUT2D eigenvalue weighted by molar-refractivity contribution is 5.85. The zero-order valence-corrected chi connectivity index (χ0v) is 30.7. The molecule has 4 nitrogen and oxygen atoms in total. The molecule has 2 heterocycles. The summed E-state index contributed by atoms with van der Waals surface area (Å²) in [5, 5.41) is 2.41. The molecule has 0 bridgehead atoms. The van der Waals surface area contributed by atoms with E-state index < -0.39 is 0 Å². The van der Waals surface area contributed by atoms with Crippen LogP contribution in [0.15, 0.2) is 85.2 Å². The smallest absolute Gasteiger partial charge is 0.136 e. The second kappa shape index (κ2) is 17.3. The van der Waals surface area contributed by atoms with Crippen molar-refractivity contribution in [2.24, 2.45) is 35.0 Å². The van der Waals surface area contributed by atoms with Crippen molar-refractivity contribution in [3.05, 3.63) is 96.3 Å². The van der Waals surface area contributed by atoms with Gasteiger partial charge in [0.05, 0.1) is 11.0 Å². The number of nitrogens with zero attached hydrogens (tertiary/aromatic N) is 2. The van der Waals surface area contributed by atoms with Gasteiger partial charge in [0.15, 0.2) is 0 Å². The maximum absolute atomic E-state index is 12.5. The summed E-state index contributed by atoms with van der Waals surface area (Å²) in [7, 11) is 0. The highest BCUT2D eigenvalue weighted by Crippen LogP contribution is 2.46. The molecule has 0 aliphatic heterocycles. The van der Waals surface area contributed by atoms with Crippen LogP contribution in [0.25, 0.3) is 21.8 Å². The molecular weight excluding hydrogens is 601 g/mol. The zero-order valence-electron chi connectivity index (χ0n) is 30.7. The molecule has 0 saturated heterocycles. The summed E-state index contributed by atoms with van der Waals surface area (Å²) in [5.74, 6) is 2.95. The number of fused-ring (bicyclic) bond motifs is 2. The predicted octanol–water partition coefficient (Wildman–Crippen LogP) is 11.3. The normalized spacial score (nSPS) is 21.8. The van der Waals surface area contributed by atoms with Crippen LogP contribution in [0.3, 0.4) is 0 Å². The molecule has 5 atom stereocenters. The molecule has 49 heavy (non-hydrogen) atoms. The molecule has 0 amide bonds. The van der Waals surface area contributed by atoms with Crippen molar-refractivity contribution in [3.8, 4) is 0 Å². The van der Waals surface area contributed by atoms with Crippen LogP contribution < -0.4 is 0 Å². The van der Waals surface area contributed by atoms with Gasteiger partial charge in [-0.2, -0.15) is 0 Å². The number of carbonyl (C=O) groups excluding carboxylic acids is 2. The number of aromatic nitrogens is 2. The standard InChI is InChI=1S/C23H31NO.C22H27NO/c1-4-5-6-12-19-20(13-14-21(19)25)23(2,3)16-18-10-7-9-17-11-8-15-24-22(17)18;1-3-4-5-11-20-19(12-13-21(20)24)16(2)15-18-9-6-8-17-10-7-14-23-22(17)18/h7-11,15,19-20H,4-6,12-14,16H2,1-3H3;4-10,14,16,19-20H,3,11-13,15H2,1-2H3/b;5-4-. The Morgan fingerprint density at radius 3 is 2.06 bits per heavy atom. The van der Waals surface area contributed by atoms with Gasteiger partial charge in [-0.05, 0) is 91.4 Å². The highest BCUT2D eigenvalue weighted by Gasteiger charge is 2.43. The topological polar surface area (TPSA) is 59.9 Å². The van der Waals surface area contributed by atoms with Gasteiger partial charge in [-0.25, -0.2) is 0 Å². The third-order valence-corrected chi connectivity index (χ3v) is 11.5.